The van der Waals surface area contributed by atoms with Gasteiger partial charge < -0.3 is 9.88 Å². The lowest BCUT2D eigenvalue weighted by molar-refractivity contribution is 0.585. The summed E-state index contributed by atoms with van der Waals surface area (Å²) in [5.41, 5.74) is 1.14. The maximum absolute atomic E-state index is 13.5. The summed E-state index contributed by atoms with van der Waals surface area (Å²) in [7, 11) is 0. The highest BCUT2D eigenvalue weighted by Gasteiger charge is 2.10. The SMILES string of the molecule is CCn1cccc1CNc1c(F)cc(F)cc1Cl. The Labute approximate surface area is 109 Å². The van der Waals surface area contributed by atoms with Crippen LogP contribution in [0, 0.1) is 11.6 Å². The Morgan fingerprint density at radius 2 is 2.11 bits per heavy atom. The Hall–Kier alpha value is -1.55. The lowest BCUT2D eigenvalue weighted by Crippen LogP contribution is -2.07. The highest BCUT2D eigenvalue weighted by atomic mass is 35.5. The maximum Gasteiger partial charge on any atom is 0.150 e. The van der Waals surface area contributed by atoms with E-state index in [1.807, 2.05) is 29.8 Å². The third kappa shape index (κ3) is 2.64. The summed E-state index contributed by atoms with van der Waals surface area (Å²) in [4.78, 5) is 0. The molecule has 0 saturated carbocycles. The summed E-state index contributed by atoms with van der Waals surface area (Å²) >= 11 is 5.80. The fourth-order valence-electron chi connectivity index (χ4n) is 1.81. The van der Waals surface area contributed by atoms with Crippen LogP contribution in [0.5, 0.6) is 0 Å². The molecular weight excluding hydrogens is 258 g/mol. The van der Waals surface area contributed by atoms with Crippen LogP contribution in [0.25, 0.3) is 0 Å². The largest absolute Gasteiger partial charge is 0.376 e. The molecule has 0 aliphatic carbocycles. The van der Waals surface area contributed by atoms with Gasteiger partial charge in [-0.1, -0.05) is 11.6 Å². The van der Waals surface area contributed by atoms with Gasteiger partial charge in [0.25, 0.3) is 0 Å². The monoisotopic (exact) mass is 270 g/mol. The predicted octanol–water partition coefficient (Wildman–Crippen LogP) is 4.05. The first-order valence-corrected chi connectivity index (χ1v) is 6.02. The zero-order valence-electron chi connectivity index (χ0n) is 9.88. The van der Waals surface area contributed by atoms with Gasteiger partial charge in [0, 0.05) is 24.5 Å². The van der Waals surface area contributed by atoms with E-state index in [9.17, 15) is 8.78 Å². The van der Waals surface area contributed by atoms with E-state index in [1.54, 1.807) is 0 Å². The van der Waals surface area contributed by atoms with Crippen LogP contribution in [-0.2, 0) is 13.1 Å². The van der Waals surface area contributed by atoms with Crippen molar-refractivity contribution in [1.82, 2.24) is 4.57 Å². The summed E-state index contributed by atoms with van der Waals surface area (Å²) in [5, 5.41) is 2.93. The van der Waals surface area contributed by atoms with E-state index in [-0.39, 0.29) is 10.7 Å². The van der Waals surface area contributed by atoms with E-state index in [0.717, 1.165) is 24.4 Å². The van der Waals surface area contributed by atoms with Crippen molar-refractivity contribution in [3.63, 3.8) is 0 Å². The van der Waals surface area contributed by atoms with Crippen LogP contribution in [-0.4, -0.2) is 4.57 Å². The van der Waals surface area contributed by atoms with Crippen LogP contribution >= 0.6 is 11.6 Å². The highest BCUT2D eigenvalue weighted by Crippen LogP contribution is 2.26. The van der Waals surface area contributed by atoms with Crippen LogP contribution in [0.3, 0.4) is 0 Å². The Bertz CT molecular complexity index is 529. The number of benzene rings is 1. The van der Waals surface area contributed by atoms with Crippen LogP contribution in [0.4, 0.5) is 14.5 Å². The van der Waals surface area contributed by atoms with Crippen LogP contribution in [0.2, 0.25) is 5.02 Å². The number of rotatable bonds is 4. The smallest absolute Gasteiger partial charge is 0.150 e. The van der Waals surface area contributed by atoms with E-state index in [1.165, 1.54) is 0 Å². The van der Waals surface area contributed by atoms with Crippen molar-refractivity contribution in [2.45, 2.75) is 20.0 Å². The van der Waals surface area contributed by atoms with Crippen LogP contribution in [0.15, 0.2) is 30.5 Å². The van der Waals surface area contributed by atoms with Crippen molar-refractivity contribution in [2.24, 2.45) is 0 Å². The Kier molecular flexibility index (Phi) is 3.87. The van der Waals surface area contributed by atoms with Gasteiger partial charge in [0.2, 0.25) is 0 Å². The maximum atomic E-state index is 13.5. The molecule has 96 valence electrons. The predicted molar refractivity (Wildman–Crippen MR) is 68.8 cm³/mol. The van der Waals surface area contributed by atoms with Gasteiger partial charge in [0.15, 0.2) is 5.82 Å². The third-order valence-electron chi connectivity index (χ3n) is 2.72. The van der Waals surface area contributed by atoms with Gasteiger partial charge in [0.1, 0.15) is 5.82 Å². The lowest BCUT2D eigenvalue weighted by Gasteiger charge is -2.11. The molecular formula is C13H13ClF2N2. The molecule has 0 unspecified atom stereocenters. The average molecular weight is 271 g/mol. The van der Waals surface area contributed by atoms with Gasteiger partial charge in [-0.25, -0.2) is 8.78 Å². The number of nitrogens with one attached hydrogen (secondary N) is 1. The molecule has 1 heterocycles. The van der Waals surface area contributed by atoms with Crippen molar-refractivity contribution in [3.05, 3.63) is 52.8 Å². The molecule has 1 aromatic heterocycles. The molecule has 0 atom stereocenters. The molecule has 0 saturated heterocycles. The second-order valence-corrected chi connectivity index (χ2v) is 4.29. The topological polar surface area (TPSA) is 17.0 Å². The van der Waals surface area contributed by atoms with Gasteiger partial charge >= 0.3 is 0 Å². The Balaban J connectivity index is 2.16. The van der Waals surface area contributed by atoms with E-state index >= 15 is 0 Å². The Morgan fingerprint density at radius 3 is 2.78 bits per heavy atom. The molecule has 1 N–H and O–H groups in total. The first-order chi connectivity index (χ1) is 8.61. The van der Waals surface area contributed by atoms with Crippen molar-refractivity contribution < 1.29 is 8.78 Å². The molecule has 18 heavy (non-hydrogen) atoms. The molecule has 0 radical (unpaired) electrons. The number of aromatic nitrogens is 1. The summed E-state index contributed by atoms with van der Waals surface area (Å²) in [6.07, 6.45) is 1.94. The fourth-order valence-corrected chi connectivity index (χ4v) is 2.07. The van der Waals surface area contributed by atoms with Gasteiger partial charge in [-0.3, -0.25) is 0 Å². The normalized spacial score (nSPS) is 10.7. The fraction of sp³-hybridized carbons (Fsp3) is 0.231. The number of halogens is 3. The summed E-state index contributed by atoms with van der Waals surface area (Å²) in [6.45, 7) is 3.29. The number of hydrogen-bond donors (Lipinski definition) is 1. The minimum atomic E-state index is -0.686. The van der Waals surface area contributed by atoms with Crippen molar-refractivity contribution in [2.75, 3.05) is 5.32 Å². The number of nitrogens with zero attached hydrogens (tertiary/aromatic N) is 1. The highest BCUT2D eigenvalue weighted by molar-refractivity contribution is 6.33. The second kappa shape index (κ2) is 5.40. The molecule has 0 fully saturated rings. The Morgan fingerprint density at radius 1 is 1.33 bits per heavy atom. The molecule has 2 aromatic rings. The second-order valence-electron chi connectivity index (χ2n) is 3.88. The molecule has 0 spiro atoms. The summed E-state index contributed by atoms with van der Waals surface area (Å²) in [6, 6.07) is 5.76. The molecule has 2 rings (SSSR count). The average Bonchev–Trinajstić information content (AvgIpc) is 2.75. The molecule has 2 nitrogen and oxygen atoms in total. The molecule has 0 aliphatic rings. The van der Waals surface area contributed by atoms with Crippen LogP contribution < -0.4 is 5.32 Å². The van der Waals surface area contributed by atoms with E-state index in [4.69, 9.17) is 11.6 Å². The van der Waals surface area contributed by atoms with Gasteiger partial charge in [-0.05, 0) is 25.1 Å². The number of anilines is 1. The van der Waals surface area contributed by atoms with Gasteiger partial charge in [-0.2, -0.15) is 0 Å². The van der Waals surface area contributed by atoms with Crippen molar-refractivity contribution in [3.8, 4) is 0 Å². The van der Waals surface area contributed by atoms with Crippen LogP contribution in [0.1, 0.15) is 12.6 Å². The summed E-state index contributed by atoms with van der Waals surface area (Å²) < 4.78 is 28.4. The minimum Gasteiger partial charge on any atom is -0.376 e. The number of aryl methyl sites for hydroxylation is 1. The van der Waals surface area contributed by atoms with Crippen molar-refractivity contribution in [1.29, 1.82) is 0 Å². The lowest BCUT2D eigenvalue weighted by atomic mass is 10.3. The first-order valence-electron chi connectivity index (χ1n) is 5.64. The number of hydrogen-bond acceptors (Lipinski definition) is 1. The molecule has 5 heteroatoms. The molecule has 0 bridgehead atoms. The third-order valence-corrected chi connectivity index (χ3v) is 3.02. The molecule has 0 aliphatic heterocycles. The van der Waals surface area contributed by atoms with E-state index < -0.39 is 11.6 Å². The zero-order chi connectivity index (χ0) is 13.1. The van der Waals surface area contributed by atoms with Crippen molar-refractivity contribution >= 4 is 17.3 Å². The quantitative estimate of drug-likeness (QED) is 0.887. The van der Waals surface area contributed by atoms with Gasteiger partial charge in [-0.15, -0.1) is 0 Å². The minimum absolute atomic E-state index is 0.0436. The standard InChI is InChI=1S/C13H13ClF2N2/c1-2-18-5-3-4-10(18)8-17-13-11(14)6-9(15)7-12(13)16/h3-7,17H,2,8H2,1H3. The summed E-state index contributed by atoms with van der Waals surface area (Å²) in [5.74, 6) is -1.37. The van der Waals surface area contributed by atoms with Gasteiger partial charge in [0.05, 0.1) is 17.3 Å². The van der Waals surface area contributed by atoms with E-state index in [2.05, 4.69) is 5.32 Å². The molecule has 1 aromatic carbocycles. The first kappa shape index (κ1) is 12.9. The zero-order valence-corrected chi connectivity index (χ0v) is 10.6. The molecule has 0 amide bonds. The van der Waals surface area contributed by atoms with E-state index in [0.29, 0.717) is 6.54 Å².